The van der Waals surface area contributed by atoms with E-state index >= 15 is 0 Å². The molecule has 5 rings (SSSR count). The lowest BCUT2D eigenvalue weighted by Crippen LogP contribution is -2.37. The number of primary amides is 1. The maximum absolute atomic E-state index is 12.9. The fraction of sp³-hybridized carbons (Fsp3) is 0.222. The fourth-order valence-electron chi connectivity index (χ4n) is 4.13. The molecule has 3 aromatic carbocycles. The van der Waals surface area contributed by atoms with Crippen molar-refractivity contribution in [3.05, 3.63) is 83.6 Å². The molecule has 9 heteroatoms. The summed E-state index contributed by atoms with van der Waals surface area (Å²) in [6.45, 7) is 4.43. The van der Waals surface area contributed by atoms with Crippen LogP contribution in [0.5, 0.6) is 0 Å². The molecule has 8 nitrogen and oxygen atoms in total. The van der Waals surface area contributed by atoms with Gasteiger partial charge in [-0.2, -0.15) is 0 Å². The number of nitrogens with zero attached hydrogens (tertiary/aromatic N) is 2. The molecular weight excluding hydrogens is 474 g/mol. The average molecular weight is 502 g/mol. The van der Waals surface area contributed by atoms with E-state index in [9.17, 15) is 9.59 Å². The summed E-state index contributed by atoms with van der Waals surface area (Å²) in [5.41, 5.74) is 8.05. The van der Waals surface area contributed by atoms with Crippen molar-refractivity contribution in [3.63, 3.8) is 0 Å². The van der Waals surface area contributed by atoms with Gasteiger partial charge in [0.1, 0.15) is 5.00 Å². The highest BCUT2D eigenvalue weighted by atomic mass is 32.1. The Morgan fingerprint density at radius 2 is 1.75 bits per heavy atom. The van der Waals surface area contributed by atoms with Crippen LogP contribution in [0.15, 0.2) is 66.7 Å². The Morgan fingerprint density at radius 3 is 2.50 bits per heavy atom. The van der Waals surface area contributed by atoms with Crippen LogP contribution in [0.4, 0.5) is 15.8 Å². The van der Waals surface area contributed by atoms with Crippen molar-refractivity contribution in [3.8, 4) is 0 Å². The summed E-state index contributed by atoms with van der Waals surface area (Å²) < 4.78 is 5.39. The maximum atomic E-state index is 12.9. The molecule has 1 saturated heterocycles. The summed E-state index contributed by atoms with van der Waals surface area (Å²) in [5.74, 6) is -1.02. The van der Waals surface area contributed by atoms with Crippen LogP contribution in [0.1, 0.15) is 26.4 Å². The normalized spacial score (nSPS) is 14.0. The van der Waals surface area contributed by atoms with Gasteiger partial charge in [0.25, 0.3) is 11.8 Å². The van der Waals surface area contributed by atoms with Crippen molar-refractivity contribution in [2.24, 2.45) is 5.73 Å². The monoisotopic (exact) mass is 501 g/mol. The smallest absolute Gasteiger partial charge is 0.270 e. The Bertz CT molecular complexity index is 1380. The molecular formula is C27H27N5O3S. The molecule has 1 fully saturated rings. The van der Waals surface area contributed by atoms with Gasteiger partial charge >= 0.3 is 0 Å². The molecule has 2 amide bonds. The molecule has 184 valence electrons. The number of hydrogen-bond acceptors (Lipinski definition) is 7. The third kappa shape index (κ3) is 5.71. The van der Waals surface area contributed by atoms with Crippen molar-refractivity contribution in [1.82, 2.24) is 9.88 Å². The van der Waals surface area contributed by atoms with E-state index in [0.717, 1.165) is 61.3 Å². The van der Waals surface area contributed by atoms with Gasteiger partial charge in [-0.15, -0.1) is 0 Å². The van der Waals surface area contributed by atoms with Crippen LogP contribution in [-0.2, 0) is 11.2 Å². The van der Waals surface area contributed by atoms with Gasteiger partial charge in [-0.25, -0.2) is 4.98 Å². The molecule has 0 bridgehead atoms. The average Bonchev–Trinajstić information content (AvgIpc) is 3.30. The van der Waals surface area contributed by atoms with E-state index in [-0.39, 0.29) is 11.6 Å². The zero-order valence-electron chi connectivity index (χ0n) is 19.7. The SMILES string of the molecule is NC(=O)c1nc(Nc2ccc3ccccc3c2)sc1NC(=O)c1ccc(CCN2CCOCC2)cc1. The minimum Gasteiger partial charge on any atom is -0.379 e. The largest absolute Gasteiger partial charge is 0.379 e. The van der Waals surface area contributed by atoms with Crippen LogP contribution >= 0.6 is 11.3 Å². The predicted octanol–water partition coefficient (Wildman–Crippen LogP) is 4.27. The summed E-state index contributed by atoms with van der Waals surface area (Å²) in [5, 5.41) is 8.99. The second-order valence-corrected chi connectivity index (χ2v) is 9.60. The molecule has 0 saturated carbocycles. The number of nitrogens with two attached hydrogens (primary N) is 1. The van der Waals surface area contributed by atoms with Gasteiger partial charge in [0, 0.05) is 30.9 Å². The molecule has 4 N–H and O–H groups in total. The first kappa shape index (κ1) is 23.9. The van der Waals surface area contributed by atoms with Gasteiger partial charge in [0.05, 0.1) is 13.2 Å². The van der Waals surface area contributed by atoms with Crippen LogP contribution in [0.3, 0.4) is 0 Å². The first-order valence-electron chi connectivity index (χ1n) is 11.8. The highest BCUT2D eigenvalue weighted by molar-refractivity contribution is 7.20. The molecule has 0 spiro atoms. The van der Waals surface area contributed by atoms with Crippen molar-refractivity contribution < 1.29 is 14.3 Å². The van der Waals surface area contributed by atoms with Crippen LogP contribution in [0, 0.1) is 0 Å². The second-order valence-electron chi connectivity index (χ2n) is 8.60. The maximum Gasteiger partial charge on any atom is 0.270 e. The molecule has 1 aromatic heterocycles. The Hall–Kier alpha value is -3.79. The van der Waals surface area contributed by atoms with Gasteiger partial charge in [-0.1, -0.05) is 53.8 Å². The number of anilines is 3. The second kappa shape index (κ2) is 10.9. The molecule has 2 heterocycles. The van der Waals surface area contributed by atoms with Gasteiger partial charge in [-0.05, 0) is 47.0 Å². The Labute approximate surface area is 213 Å². The van der Waals surface area contributed by atoms with E-state index < -0.39 is 5.91 Å². The van der Waals surface area contributed by atoms with E-state index in [1.807, 2.05) is 54.6 Å². The lowest BCUT2D eigenvalue weighted by atomic mass is 10.1. The number of fused-ring (bicyclic) bond motifs is 1. The van der Waals surface area contributed by atoms with Crippen molar-refractivity contribution in [2.75, 3.05) is 43.5 Å². The number of carbonyl (C=O) groups is 2. The Morgan fingerprint density at radius 1 is 1.00 bits per heavy atom. The number of nitrogens with one attached hydrogen (secondary N) is 2. The lowest BCUT2D eigenvalue weighted by molar-refractivity contribution is 0.0384. The van der Waals surface area contributed by atoms with E-state index in [1.54, 1.807) is 12.1 Å². The van der Waals surface area contributed by atoms with E-state index in [4.69, 9.17) is 10.5 Å². The summed E-state index contributed by atoms with van der Waals surface area (Å²) in [6, 6.07) is 21.5. The standard InChI is InChI=1S/C27H27N5O3S/c28-24(33)23-26(36-27(30-23)29-22-10-9-19-3-1-2-4-21(19)17-22)31-25(34)20-7-5-18(6-8-20)11-12-32-13-15-35-16-14-32/h1-10,17H,11-16H2,(H2,28,33)(H,29,30)(H,31,34). The molecule has 0 aliphatic carbocycles. The quantitative estimate of drug-likeness (QED) is 0.333. The number of rotatable bonds is 8. The van der Waals surface area contributed by atoms with Crippen LogP contribution in [0.25, 0.3) is 10.8 Å². The Balaban J connectivity index is 1.25. The van der Waals surface area contributed by atoms with Crippen molar-refractivity contribution in [2.45, 2.75) is 6.42 Å². The zero-order valence-corrected chi connectivity index (χ0v) is 20.5. The Kier molecular flexibility index (Phi) is 7.22. The summed E-state index contributed by atoms with van der Waals surface area (Å²) in [4.78, 5) is 31.6. The van der Waals surface area contributed by atoms with Crippen LogP contribution in [0.2, 0.25) is 0 Å². The minimum absolute atomic E-state index is 0.0266. The number of amides is 2. The first-order chi connectivity index (χ1) is 17.5. The third-order valence-corrected chi connectivity index (χ3v) is 7.01. The number of ether oxygens (including phenoxy) is 1. The van der Waals surface area contributed by atoms with Crippen molar-refractivity contribution in [1.29, 1.82) is 0 Å². The van der Waals surface area contributed by atoms with E-state index in [0.29, 0.717) is 15.7 Å². The van der Waals surface area contributed by atoms with E-state index in [1.165, 1.54) is 11.3 Å². The molecule has 1 aliphatic rings. The highest BCUT2D eigenvalue weighted by Gasteiger charge is 2.19. The number of aromatic nitrogens is 1. The summed E-state index contributed by atoms with van der Waals surface area (Å²) >= 11 is 1.17. The van der Waals surface area contributed by atoms with Crippen molar-refractivity contribution >= 4 is 49.7 Å². The molecule has 0 unspecified atom stereocenters. The molecule has 0 radical (unpaired) electrons. The third-order valence-electron chi connectivity index (χ3n) is 6.12. The van der Waals surface area contributed by atoms with E-state index in [2.05, 4.69) is 20.5 Å². The van der Waals surface area contributed by atoms with Gasteiger partial charge in [0.2, 0.25) is 0 Å². The fourth-order valence-corrected chi connectivity index (χ4v) is 5.01. The predicted molar refractivity (Wildman–Crippen MR) is 143 cm³/mol. The topological polar surface area (TPSA) is 110 Å². The number of carbonyl (C=O) groups excluding carboxylic acids is 2. The highest BCUT2D eigenvalue weighted by Crippen LogP contribution is 2.32. The number of morpholine rings is 1. The number of hydrogen-bond donors (Lipinski definition) is 3. The number of benzene rings is 3. The number of thiazole rings is 1. The van der Waals surface area contributed by atoms with Gasteiger partial charge < -0.3 is 21.1 Å². The van der Waals surface area contributed by atoms with Gasteiger partial charge in [0.15, 0.2) is 10.8 Å². The van der Waals surface area contributed by atoms with Gasteiger partial charge in [-0.3, -0.25) is 14.5 Å². The first-order valence-corrected chi connectivity index (χ1v) is 12.6. The molecule has 1 aliphatic heterocycles. The summed E-state index contributed by atoms with van der Waals surface area (Å²) in [7, 11) is 0. The molecule has 4 aromatic rings. The lowest BCUT2D eigenvalue weighted by Gasteiger charge is -2.26. The van der Waals surface area contributed by atoms with Crippen LogP contribution in [-0.4, -0.2) is 54.5 Å². The summed E-state index contributed by atoms with van der Waals surface area (Å²) in [6.07, 6.45) is 0.909. The van der Waals surface area contributed by atoms with Crippen LogP contribution < -0.4 is 16.4 Å². The minimum atomic E-state index is -0.702. The zero-order chi connectivity index (χ0) is 24.9. The molecule has 0 atom stereocenters. The molecule has 36 heavy (non-hydrogen) atoms.